The molecule has 1 saturated heterocycles. The second-order valence-corrected chi connectivity index (χ2v) is 4.82. The number of rotatable bonds is 2. The Hall–Kier alpha value is -2.50. The quantitative estimate of drug-likeness (QED) is 0.841. The molecule has 0 radical (unpaired) electrons. The minimum atomic E-state index is -0.574. The molecule has 2 aromatic rings. The molecule has 2 aromatic heterocycles. The summed E-state index contributed by atoms with van der Waals surface area (Å²) in [5.41, 5.74) is 0.0799. The first-order valence-electron chi connectivity index (χ1n) is 6.80. The van der Waals surface area contributed by atoms with Gasteiger partial charge in [0.2, 0.25) is 0 Å². The summed E-state index contributed by atoms with van der Waals surface area (Å²) in [5.74, 6) is 0.0462. The second-order valence-electron chi connectivity index (χ2n) is 4.82. The summed E-state index contributed by atoms with van der Waals surface area (Å²) in [6, 6.07) is 7.17. The van der Waals surface area contributed by atoms with Crippen LogP contribution in [0.2, 0.25) is 0 Å². The predicted octanol–water partition coefficient (Wildman–Crippen LogP) is 1.58. The Morgan fingerprint density at radius 1 is 1.10 bits per heavy atom. The van der Waals surface area contributed by atoms with E-state index in [4.69, 9.17) is 0 Å². The maximum absolute atomic E-state index is 13.6. The van der Waals surface area contributed by atoms with E-state index in [1.54, 1.807) is 11.1 Å². The molecule has 1 aliphatic rings. The SMILES string of the molecule is O=C(c1ccncc1F)N1CCN(c2ccccn2)CC1. The lowest BCUT2D eigenvalue weighted by atomic mass is 10.2. The van der Waals surface area contributed by atoms with Crippen molar-refractivity contribution in [2.24, 2.45) is 0 Å². The lowest BCUT2D eigenvalue weighted by Gasteiger charge is -2.35. The molecule has 0 spiro atoms. The number of nitrogens with zero attached hydrogens (tertiary/aromatic N) is 4. The van der Waals surface area contributed by atoms with Crippen molar-refractivity contribution in [3.8, 4) is 0 Å². The average Bonchev–Trinajstić information content (AvgIpc) is 2.56. The minimum absolute atomic E-state index is 0.0799. The lowest BCUT2D eigenvalue weighted by Crippen LogP contribution is -2.49. The van der Waals surface area contributed by atoms with Gasteiger partial charge in [0.15, 0.2) is 5.82 Å². The van der Waals surface area contributed by atoms with Gasteiger partial charge in [-0.05, 0) is 18.2 Å². The van der Waals surface area contributed by atoms with Gasteiger partial charge in [-0.2, -0.15) is 0 Å². The van der Waals surface area contributed by atoms with Crippen LogP contribution in [-0.2, 0) is 0 Å². The van der Waals surface area contributed by atoms with Gasteiger partial charge < -0.3 is 9.80 Å². The van der Waals surface area contributed by atoms with E-state index in [2.05, 4.69) is 14.9 Å². The van der Waals surface area contributed by atoms with Crippen LogP contribution in [0.15, 0.2) is 42.9 Å². The van der Waals surface area contributed by atoms with Crippen molar-refractivity contribution in [1.82, 2.24) is 14.9 Å². The van der Waals surface area contributed by atoms with Crippen LogP contribution >= 0.6 is 0 Å². The maximum atomic E-state index is 13.6. The number of pyridine rings is 2. The molecule has 0 aromatic carbocycles. The molecule has 0 atom stereocenters. The van der Waals surface area contributed by atoms with E-state index < -0.39 is 5.82 Å². The van der Waals surface area contributed by atoms with E-state index in [0.717, 1.165) is 12.0 Å². The van der Waals surface area contributed by atoms with Crippen molar-refractivity contribution in [2.45, 2.75) is 0 Å². The molecular weight excluding hydrogens is 271 g/mol. The molecule has 3 rings (SSSR count). The van der Waals surface area contributed by atoms with Crippen molar-refractivity contribution in [3.63, 3.8) is 0 Å². The molecule has 5 nitrogen and oxygen atoms in total. The Balaban J connectivity index is 1.66. The first-order valence-corrected chi connectivity index (χ1v) is 6.80. The number of anilines is 1. The van der Waals surface area contributed by atoms with Crippen molar-refractivity contribution >= 4 is 11.7 Å². The van der Waals surface area contributed by atoms with Gasteiger partial charge in [0.05, 0.1) is 11.8 Å². The first kappa shape index (κ1) is 13.5. The Bertz CT molecular complexity index is 627. The van der Waals surface area contributed by atoms with Gasteiger partial charge in [-0.3, -0.25) is 9.78 Å². The number of halogens is 1. The molecule has 0 N–H and O–H groups in total. The van der Waals surface area contributed by atoms with E-state index in [9.17, 15) is 9.18 Å². The van der Waals surface area contributed by atoms with Crippen LogP contribution in [-0.4, -0.2) is 47.0 Å². The molecule has 0 unspecified atom stereocenters. The van der Waals surface area contributed by atoms with Gasteiger partial charge >= 0.3 is 0 Å². The Labute approximate surface area is 122 Å². The summed E-state index contributed by atoms with van der Waals surface area (Å²) in [6.45, 7) is 2.49. The van der Waals surface area contributed by atoms with Gasteiger partial charge in [-0.15, -0.1) is 0 Å². The van der Waals surface area contributed by atoms with Crippen molar-refractivity contribution in [1.29, 1.82) is 0 Å². The van der Waals surface area contributed by atoms with Crippen molar-refractivity contribution in [2.75, 3.05) is 31.1 Å². The summed E-state index contributed by atoms with van der Waals surface area (Å²) >= 11 is 0. The molecule has 0 saturated carbocycles. The van der Waals surface area contributed by atoms with Crippen LogP contribution in [0.3, 0.4) is 0 Å². The second kappa shape index (κ2) is 5.87. The van der Waals surface area contributed by atoms with Gasteiger partial charge in [-0.1, -0.05) is 6.07 Å². The fourth-order valence-electron chi connectivity index (χ4n) is 2.40. The monoisotopic (exact) mass is 286 g/mol. The topological polar surface area (TPSA) is 49.3 Å². The van der Waals surface area contributed by atoms with E-state index in [-0.39, 0.29) is 11.5 Å². The molecule has 0 bridgehead atoms. The minimum Gasteiger partial charge on any atom is -0.353 e. The van der Waals surface area contributed by atoms with Gasteiger partial charge in [-0.25, -0.2) is 9.37 Å². The van der Waals surface area contributed by atoms with E-state index in [1.807, 2.05) is 18.2 Å². The zero-order valence-corrected chi connectivity index (χ0v) is 11.4. The number of carbonyl (C=O) groups excluding carboxylic acids is 1. The summed E-state index contributed by atoms with van der Waals surface area (Å²) in [4.78, 5) is 24.0. The molecule has 0 aliphatic carbocycles. The summed E-state index contributed by atoms with van der Waals surface area (Å²) in [5, 5.41) is 0. The molecule has 3 heterocycles. The highest BCUT2D eigenvalue weighted by atomic mass is 19.1. The van der Waals surface area contributed by atoms with Crippen LogP contribution in [0.5, 0.6) is 0 Å². The highest BCUT2D eigenvalue weighted by Gasteiger charge is 2.24. The summed E-state index contributed by atoms with van der Waals surface area (Å²) in [6.07, 6.45) is 4.25. The number of hydrogen-bond donors (Lipinski definition) is 0. The number of piperazine rings is 1. The Morgan fingerprint density at radius 2 is 1.90 bits per heavy atom. The third-order valence-electron chi connectivity index (χ3n) is 3.54. The fourth-order valence-corrected chi connectivity index (χ4v) is 2.40. The Kier molecular flexibility index (Phi) is 3.77. The molecule has 6 heteroatoms. The van der Waals surface area contributed by atoms with Crippen LogP contribution in [0.4, 0.5) is 10.2 Å². The first-order chi connectivity index (χ1) is 10.3. The van der Waals surface area contributed by atoms with Crippen molar-refractivity contribution < 1.29 is 9.18 Å². The molecular formula is C15H15FN4O. The molecule has 21 heavy (non-hydrogen) atoms. The largest absolute Gasteiger partial charge is 0.353 e. The number of amides is 1. The van der Waals surface area contributed by atoms with Crippen LogP contribution < -0.4 is 4.90 Å². The summed E-state index contributed by atoms with van der Waals surface area (Å²) < 4.78 is 13.6. The smallest absolute Gasteiger partial charge is 0.257 e. The number of carbonyl (C=O) groups is 1. The highest BCUT2D eigenvalue weighted by Crippen LogP contribution is 2.15. The standard InChI is InChI=1S/C15H15FN4O/c16-13-11-17-6-4-12(13)15(21)20-9-7-19(8-10-20)14-3-1-2-5-18-14/h1-6,11H,7-10H2. The van der Waals surface area contributed by atoms with E-state index in [0.29, 0.717) is 26.2 Å². The van der Waals surface area contributed by atoms with Crippen molar-refractivity contribution in [3.05, 3.63) is 54.2 Å². The van der Waals surface area contributed by atoms with E-state index >= 15 is 0 Å². The van der Waals surface area contributed by atoms with Crippen LogP contribution in [0, 0.1) is 5.82 Å². The highest BCUT2D eigenvalue weighted by molar-refractivity contribution is 5.94. The Morgan fingerprint density at radius 3 is 2.57 bits per heavy atom. The van der Waals surface area contributed by atoms with E-state index in [1.165, 1.54) is 12.3 Å². The number of aromatic nitrogens is 2. The molecule has 1 fully saturated rings. The lowest BCUT2D eigenvalue weighted by molar-refractivity contribution is 0.0741. The van der Waals surface area contributed by atoms with Gasteiger partial charge in [0, 0.05) is 38.6 Å². The van der Waals surface area contributed by atoms with Gasteiger partial charge in [0.1, 0.15) is 5.82 Å². The fraction of sp³-hybridized carbons (Fsp3) is 0.267. The summed E-state index contributed by atoms with van der Waals surface area (Å²) in [7, 11) is 0. The third kappa shape index (κ3) is 2.84. The maximum Gasteiger partial charge on any atom is 0.257 e. The predicted molar refractivity (Wildman–Crippen MR) is 76.5 cm³/mol. The number of hydrogen-bond acceptors (Lipinski definition) is 4. The molecule has 108 valence electrons. The average molecular weight is 286 g/mol. The van der Waals surface area contributed by atoms with Gasteiger partial charge in [0.25, 0.3) is 5.91 Å². The zero-order valence-electron chi connectivity index (χ0n) is 11.4. The molecule has 1 aliphatic heterocycles. The normalized spacial score (nSPS) is 15.1. The zero-order chi connectivity index (χ0) is 14.7. The van der Waals surface area contributed by atoms with Crippen LogP contribution in [0.1, 0.15) is 10.4 Å². The molecule has 1 amide bonds. The van der Waals surface area contributed by atoms with Crippen LogP contribution in [0.25, 0.3) is 0 Å². The third-order valence-corrected chi connectivity index (χ3v) is 3.54.